The molecule has 2 N–H and O–H groups in total. The molecule has 2 atom stereocenters. The molecule has 3 aliphatic rings. The summed E-state index contributed by atoms with van der Waals surface area (Å²) in [5.41, 5.74) is 2.89. The highest BCUT2D eigenvalue weighted by Crippen LogP contribution is 2.44. The van der Waals surface area contributed by atoms with Crippen LogP contribution in [0.3, 0.4) is 0 Å². The Morgan fingerprint density at radius 3 is 2.63 bits per heavy atom. The lowest BCUT2D eigenvalue weighted by Gasteiger charge is -2.44. The molecule has 2 aliphatic heterocycles. The van der Waals surface area contributed by atoms with E-state index in [0.717, 1.165) is 41.2 Å². The predicted molar refractivity (Wildman–Crippen MR) is 120 cm³/mol. The van der Waals surface area contributed by atoms with E-state index in [1.54, 1.807) is 0 Å². The first kappa shape index (κ1) is 19.3. The number of ether oxygens (including phenoxy) is 1. The second-order valence-electron chi connectivity index (χ2n) is 7.81. The van der Waals surface area contributed by atoms with Crippen LogP contribution in [0, 0.1) is 0 Å². The molecule has 0 aromatic heterocycles. The van der Waals surface area contributed by atoms with Gasteiger partial charge in [0.2, 0.25) is 0 Å². The molecular weight excluding hydrogens is 396 g/mol. The lowest BCUT2D eigenvalue weighted by atomic mass is 9.97. The zero-order valence-corrected chi connectivity index (χ0v) is 17.8. The third kappa shape index (κ3) is 3.51. The Morgan fingerprint density at radius 2 is 1.83 bits per heavy atom. The number of thioether (sulfide) groups is 1. The molecule has 2 aromatic rings. The summed E-state index contributed by atoms with van der Waals surface area (Å²) in [5, 5.41) is 14.0. The number of carbonyl (C=O) groups is 1. The number of carbonyl (C=O) groups excluding carboxylic acids is 1. The molecule has 0 bridgehead atoms. The van der Waals surface area contributed by atoms with Gasteiger partial charge in [0, 0.05) is 16.8 Å². The number of hydrazone groups is 1. The summed E-state index contributed by atoms with van der Waals surface area (Å²) in [6.07, 6.45) is 4.60. The normalized spacial score (nSPS) is 23.2. The quantitative estimate of drug-likeness (QED) is 0.752. The lowest BCUT2D eigenvalue weighted by molar-refractivity contribution is -0.127. The second-order valence-corrected chi connectivity index (χ2v) is 9.06. The van der Waals surface area contributed by atoms with Crippen molar-refractivity contribution in [1.82, 2.24) is 10.3 Å². The van der Waals surface area contributed by atoms with Gasteiger partial charge in [-0.15, -0.1) is 5.10 Å². The summed E-state index contributed by atoms with van der Waals surface area (Å²) in [4.78, 5) is 13.1. The van der Waals surface area contributed by atoms with Crippen LogP contribution in [0.25, 0.3) is 0 Å². The fraction of sp³-hybridized carbons (Fsp3) is 0.391. The van der Waals surface area contributed by atoms with E-state index in [2.05, 4.69) is 23.6 Å². The highest BCUT2D eigenvalue weighted by molar-refractivity contribution is 8.13. The van der Waals surface area contributed by atoms with Crippen molar-refractivity contribution in [2.45, 2.75) is 50.9 Å². The molecule has 6 nitrogen and oxygen atoms in total. The molecule has 0 unspecified atom stereocenters. The van der Waals surface area contributed by atoms with Crippen molar-refractivity contribution in [3.05, 3.63) is 59.7 Å². The summed E-state index contributed by atoms with van der Waals surface area (Å²) in [7, 11) is 0. The molecule has 1 amide bonds. The molecule has 2 aromatic carbocycles. The minimum Gasteiger partial charge on any atom is -0.490 e. The van der Waals surface area contributed by atoms with E-state index in [9.17, 15) is 4.79 Å². The van der Waals surface area contributed by atoms with Gasteiger partial charge in [-0.25, -0.2) is 0 Å². The lowest BCUT2D eigenvalue weighted by Crippen LogP contribution is -2.51. The number of fused-ring (bicyclic) bond motifs is 3. The number of anilines is 1. The molecule has 156 valence electrons. The molecule has 2 heterocycles. The molecule has 7 heteroatoms. The Labute approximate surface area is 181 Å². The molecule has 0 radical (unpaired) electrons. The fourth-order valence-corrected chi connectivity index (χ4v) is 5.07. The first-order valence-electron chi connectivity index (χ1n) is 10.7. The Hall–Kier alpha value is -2.67. The molecular formula is C23H26N4O2S. The van der Waals surface area contributed by atoms with Gasteiger partial charge in [0.05, 0.1) is 6.10 Å². The first-order chi connectivity index (χ1) is 14.7. The van der Waals surface area contributed by atoms with Crippen LogP contribution in [0.5, 0.6) is 5.75 Å². The van der Waals surface area contributed by atoms with E-state index >= 15 is 0 Å². The number of nitrogens with zero attached hydrogens (tertiary/aromatic N) is 2. The highest BCUT2D eigenvalue weighted by Gasteiger charge is 2.42. The van der Waals surface area contributed by atoms with Gasteiger partial charge in [-0.05, 0) is 43.6 Å². The number of hydrogen-bond acceptors (Lipinski definition) is 6. The van der Waals surface area contributed by atoms with Crippen LogP contribution < -0.4 is 15.4 Å². The van der Waals surface area contributed by atoms with Crippen LogP contribution in [0.1, 0.15) is 55.9 Å². The molecule has 0 saturated heterocycles. The zero-order valence-electron chi connectivity index (χ0n) is 17.0. The van der Waals surface area contributed by atoms with E-state index in [1.807, 2.05) is 47.5 Å². The number of amides is 1. The van der Waals surface area contributed by atoms with Gasteiger partial charge in [0.25, 0.3) is 5.91 Å². The van der Waals surface area contributed by atoms with Crippen LogP contribution in [0.15, 0.2) is 53.6 Å². The van der Waals surface area contributed by atoms with E-state index in [-0.39, 0.29) is 18.2 Å². The van der Waals surface area contributed by atoms with E-state index < -0.39 is 6.04 Å². The number of para-hydroxylation sites is 2. The average Bonchev–Trinajstić information content (AvgIpc) is 3.27. The van der Waals surface area contributed by atoms with Gasteiger partial charge in [0.15, 0.2) is 11.2 Å². The monoisotopic (exact) mass is 422 g/mol. The Kier molecular flexibility index (Phi) is 5.29. The van der Waals surface area contributed by atoms with Gasteiger partial charge in [-0.2, -0.15) is 0 Å². The van der Waals surface area contributed by atoms with Crippen LogP contribution in [-0.4, -0.2) is 27.9 Å². The summed E-state index contributed by atoms with van der Waals surface area (Å²) >= 11 is 1.54. The van der Waals surface area contributed by atoms with Gasteiger partial charge in [0.1, 0.15) is 11.9 Å². The number of nitrogens with one attached hydrogen (secondary N) is 2. The predicted octanol–water partition coefficient (Wildman–Crippen LogP) is 4.63. The number of hydrogen-bond donors (Lipinski definition) is 2. The van der Waals surface area contributed by atoms with Crippen LogP contribution in [0.4, 0.5) is 5.69 Å². The van der Waals surface area contributed by atoms with Crippen molar-refractivity contribution < 1.29 is 9.53 Å². The Morgan fingerprint density at radius 1 is 1.10 bits per heavy atom. The van der Waals surface area contributed by atoms with Crippen molar-refractivity contribution in [2.75, 3.05) is 11.1 Å². The molecule has 0 spiro atoms. The van der Waals surface area contributed by atoms with Gasteiger partial charge < -0.3 is 15.4 Å². The Balaban J connectivity index is 1.57. The van der Waals surface area contributed by atoms with Crippen molar-refractivity contribution in [3.63, 3.8) is 0 Å². The summed E-state index contributed by atoms with van der Waals surface area (Å²) in [6, 6.07) is 15.6. The maximum atomic E-state index is 13.1. The summed E-state index contributed by atoms with van der Waals surface area (Å²) < 4.78 is 6.41. The highest BCUT2D eigenvalue weighted by atomic mass is 32.2. The largest absolute Gasteiger partial charge is 0.490 e. The molecule has 1 aliphatic carbocycles. The molecule has 1 saturated carbocycles. The molecule has 5 rings (SSSR count). The van der Waals surface area contributed by atoms with E-state index in [1.165, 1.54) is 24.6 Å². The smallest absolute Gasteiger partial charge is 0.255 e. The van der Waals surface area contributed by atoms with E-state index in [0.29, 0.717) is 5.17 Å². The minimum absolute atomic E-state index is 0.0471. The van der Waals surface area contributed by atoms with Crippen LogP contribution in [0.2, 0.25) is 0 Å². The number of rotatable bonds is 4. The number of benzene rings is 2. The minimum atomic E-state index is -0.479. The zero-order chi connectivity index (χ0) is 20.5. The Bertz CT molecular complexity index is 973. The molecule has 1 fully saturated rings. The van der Waals surface area contributed by atoms with Crippen molar-refractivity contribution in [3.8, 4) is 5.75 Å². The fourth-order valence-electron chi connectivity index (χ4n) is 4.47. The number of amidine groups is 1. The SMILES string of the molecule is CCSC1=NN2[C@@H](c3ccccc3OC3CCCC3)Nc3ccccc3[C@H]2C(=O)N1. The third-order valence-electron chi connectivity index (χ3n) is 5.85. The van der Waals surface area contributed by atoms with Gasteiger partial charge in [-0.3, -0.25) is 9.80 Å². The van der Waals surface area contributed by atoms with Crippen molar-refractivity contribution in [2.24, 2.45) is 5.10 Å². The van der Waals surface area contributed by atoms with Crippen LogP contribution >= 0.6 is 11.8 Å². The van der Waals surface area contributed by atoms with Gasteiger partial charge in [-0.1, -0.05) is 55.1 Å². The van der Waals surface area contributed by atoms with E-state index in [4.69, 9.17) is 9.84 Å². The maximum absolute atomic E-state index is 13.1. The molecule has 30 heavy (non-hydrogen) atoms. The second kappa shape index (κ2) is 8.22. The summed E-state index contributed by atoms with van der Waals surface area (Å²) in [5.74, 6) is 1.66. The van der Waals surface area contributed by atoms with Crippen LogP contribution in [-0.2, 0) is 4.79 Å². The standard InChI is InChI=1S/C23H26N4O2S/c1-2-30-23-25-22(28)20-16-11-5-7-13-18(16)24-21(27(20)26-23)17-12-6-8-14-19(17)29-15-9-3-4-10-15/h5-8,11-15,20-21,24H,2-4,9-10H2,1H3,(H,25,26,28)/t20-,21-/m0/s1. The maximum Gasteiger partial charge on any atom is 0.255 e. The van der Waals surface area contributed by atoms with Gasteiger partial charge >= 0.3 is 0 Å². The topological polar surface area (TPSA) is 66.0 Å². The first-order valence-corrected chi connectivity index (χ1v) is 11.6. The third-order valence-corrected chi connectivity index (χ3v) is 6.60. The summed E-state index contributed by atoms with van der Waals surface area (Å²) in [6.45, 7) is 2.05. The van der Waals surface area contributed by atoms with Crippen molar-refractivity contribution >= 4 is 28.5 Å². The average molecular weight is 423 g/mol. The van der Waals surface area contributed by atoms with Crippen molar-refractivity contribution in [1.29, 1.82) is 0 Å².